The lowest BCUT2D eigenvalue weighted by Gasteiger charge is -2.16. The van der Waals surface area contributed by atoms with E-state index in [9.17, 15) is 26.4 Å². The van der Waals surface area contributed by atoms with Crippen molar-refractivity contribution in [1.82, 2.24) is 15.0 Å². The summed E-state index contributed by atoms with van der Waals surface area (Å²) in [4.78, 5) is 23.3. The molecule has 0 fully saturated rings. The SMILES string of the molecule is CS(=O)(=O)c1c(NC(=O)Nc2cnc(Oc3ccc(-c4cc(Cl)cnc4N)cc3)nc2)cccc1C(F)(F)F. The highest BCUT2D eigenvalue weighted by Gasteiger charge is 2.37. The molecule has 0 atom stereocenters. The number of urea groups is 1. The van der Waals surface area contributed by atoms with Crippen LogP contribution in [0.25, 0.3) is 11.1 Å². The van der Waals surface area contributed by atoms with Crippen molar-refractivity contribution in [3.8, 4) is 22.9 Å². The fourth-order valence-electron chi connectivity index (χ4n) is 3.47. The Morgan fingerprint density at radius 2 is 1.67 bits per heavy atom. The van der Waals surface area contributed by atoms with Gasteiger partial charge in [0.2, 0.25) is 0 Å². The van der Waals surface area contributed by atoms with E-state index in [0.29, 0.717) is 34.5 Å². The van der Waals surface area contributed by atoms with Gasteiger partial charge in [-0.2, -0.15) is 13.2 Å². The molecule has 39 heavy (non-hydrogen) atoms. The lowest BCUT2D eigenvalue weighted by atomic mass is 10.1. The molecule has 0 bridgehead atoms. The van der Waals surface area contributed by atoms with Crippen LogP contribution < -0.4 is 21.1 Å². The van der Waals surface area contributed by atoms with Crippen LogP contribution in [-0.4, -0.2) is 35.7 Å². The Morgan fingerprint density at radius 1 is 1.00 bits per heavy atom. The smallest absolute Gasteiger partial charge is 0.417 e. The van der Waals surface area contributed by atoms with Crippen molar-refractivity contribution in [2.45, 2.75) is 11.1 Å². The van der Waals surface area contributed by atoms with Gasteiger partial charge in [-0.05, 0) is 35.9 Å². The fourth-order valence-corrected chi connectivity index (χ4v) is 4.72. The quantitative estimate of drug-likeness (QED) is 0.266. The zero-order chi connectivity index (χ0) is 28.4. The number of alkyl halides is 3. The Hall–Kier alpha value is -4.43. The van der Waals surface area contributed by atoms with Gasteiger partial charge in [0.1, 0.15) is 16.5 Å². The number of amides is 2. The summed E-state index contributed by atoms with van der Waals surface area (Å²) in [6, 6.07) is 10.0. The molecule has 0 saturated heterocycles. The molecule has 0 aliphatic rings. The molecule has 4 aromatic rings. The maximum absolute atomic E-state index is 13.3. The van der Waals surface area contributed by atoms with Crippen molar-refractivity contribution < 1.29 is 31.1 Å². The van der Waals surface area contributed by atoms with Gasteiger partial charge >= 0.3 is 18.2 Å². The molecule has 2 heterocycles. The minimum absolute atomic E-state index is 0.0603. The summed E-state index contributed by atoms with van der Waals surface area (Å²) in [5.41, 5.74) is 5.42. The van der Waals surface area contributed by atoms with Crippen LogP contribution in [-0.2, 0) is 16.0 Å². The molecular weight excluding hydrogens is 561 g/mol. The molecule has 0 aliphatic heterocycles. The number of carbonyl (C=O) groups excluding carboxylic acids is 1. The highest BCUT2D eigenvalue weighted by atomic mass is 35.5. The monoisotopic (exact) mass is 578 g/mol. The number of carbonyl (C=O) groups is 1. The number of aromatic nitrogens is 3. The maximum Gasteiger partial charge on any atom is 0.417 e. The number of ether oxygens (including phenoxy) is 1. The Labute approximate surface area is 224 Å². The summed E-state index contributed by atoms with van der Waals surface area (Å²) < 4.78 is 69.7. The molecule has 4 rings (SSSR count). The molecule has 4 N–H and O–H groups in total. The molecule has 2 aromatic carbocycles. The van der Waals surface area contributed by atoms with E-state index in [1.54, 1.807) is 30.3 Å². The number of sulfone groups is 1. The summed E-state index contributed by atoms with van der Waals surface area (Å²) >= 11 is 5.98. The number of nitrogens with two attached hydrogens (primary N) is 1. The van der Waals surface area contributed by atoms with Crippen LogP contribution in [0.2, 0.25) is 5.02 Å². The number of nitrogen functional groups attached to an aromatic ring is 1. The molecule has 2 aromatic heterocycles. The predicted octanol–water partition coefficient (Wildman–Crippen LogP) is 5.63. The first-order chi connectivity index (χ1) is 18.3. The van der Waals surface area contributed by atoms with Crippen LogP contribution in [0, 0.1) is 0 Å². The van der Waals surface area contributed by atoms with Crippen LogP contribution in [0.5, 0.6) is 11.8 Å². The first-order valence-corrected chi connectivity index (χ1v) is 13.1. The third kappa shape index (κ3) is 6.72. The average Bonchev–Trinajstić information content (AvgIpc) is 2.86. The third-order valence-corrected chi connectivity index (χ3v) is 6.47. The number of halogens is 4. The second-order valence-corrected chi connectivity index (χ2v) is 10.4. The minimum atomic E-state index is -4.95. The van der Waals surface area contributed by atoms with E-state index in [0.717, 1.165) is 17.7 Å². The predicted molar refractivity (Wildman–Crippen MR) is 138 cm³/mol. The normalized spacial score (nSPS) is 11.6. The van der Waals surface area contributed by atoms with Crippen molar-refractivity contribution in [3.05, 3.63) is 77.7 Å². The average molecular weight is 579 g/mol. The molecule has 0 radical (unpaired) electrons. The van der Waals surface area contributed by atoms with Gasteiger partial charge in [0.05, 0.1) is 34.4 Å². The summed E-state index contributed by atoms with van der Waals surface area (Å²) in [7, 11) is -4.34. The second kappa shape index (κ2) is 10.7. The van der Waals surface area contributed by atoms with Crippen molar-refractivity contribution >= 4 is 44.7 Å². The van der Waals surface area contributed by atoms with E-state index in [4.69, 9.17) is 22.1 Å². The Kier molecular flexibility index (Phi) is 7.60. The minimum Gasteiger partial charge on any atom is -0.424 e. The van der Waals surface area contributed by atoms with Gasteiger partial charge in [-0.3, -0.25) is 0 Å². The lowest BCUT2D eigenvalue weighted by Crippen LogP contribution is -2.22. The Bertz CT molecular complexity index is 1630. The van der Waals surface area contributed by atoms with Crippen LogP contribution in [0.15, 0.2) is 72.0 Å². The van der Waals surface area contributed by atoms with E-state index in [2.05, 4.69) is 25.6 Å². The van der Waals surface area contributed by atoms with Crippen molar-refractivity contribution in [2.75, 3.05) is 22.6 Å². The summed E-state index contributed by atoms with van der Waals surface area (Å²) in [6.45, 7) is 0. The summed E-state index contributed by atoms with van der Waals surface area (Å²) in [5.74, 6) is 0.702. The van der Waals surface area contributed by atoms with Crippen LogP contribution in [0.1, 0.15) is 5.56 Å². The number of rotatable bonds is 6. The van der Waals surface area contributed by atoms with Crippen molar-refractivity contribution in [3.63, 3.8) is 0 Å². The van der Waals surface area contributed by atoms with Gasteiger partial charge in [-0.15, -0.1) is 0 Å². The lowest BCUT2D eigenvalue weighted by molar-refractivity contribution is -0.139. The van der Waals surface area contributed by atoms with Gasteiger partial charge < -0.3 is 21.1 Å². The van der Waals surface area contributed by atoms with Crippen LogP contribution >= 0.6 is 11.6 Å². The van der Waals surface area contributed by atoms with Gasteiger partial charge in [0, 0.05) is 18.0 Å². The van der Waals surface area contributed by atoms with Gasteiger partial charge in [0.25, 0.3) is 0 Å². The highest BCUT2D eigenvalue weighted by Crippen LogP contribution is 2.38. The van der Waals surface area contributed by atoms with E-state index >= 15 is 0 Å². The highest BCUT2D eigenvalue weighted by molar-refractivity contribution is 7.91. The molecule has 202 valence electrons. The number of anilines is 3. The largest absolute Gasteiger partial charge is 0.424 e. The summed E-state index contributed by atoms with van der Waals surface area (Å²) in [5, 5.41) is 4.87. The summed E-state index contributed by atoms with van der Waals surface area (Å²) in [6.07, 6.45) is -0.507. The maximum atomic E-state index is 13.3. The standard InChI is InChI=1S/C24H18ClF3N6O4S/c1-39(36,37)20-18(24(26,27)28)3-2-4-19(20)34-22(35)33-15-11-31-23(32-12-15)38-16-7-5-13(6-8-16)17-9-14(25)10-30-21(17)29/h2-12H,1H3,(H2,29,30)(H2,33,34,35). The number of hydrogen-bond acceptors (Lipinski definition) is 8. The van der Waals surface area contributed by atoms with E-state index in [1.807, 2.05) is 0 Å². The zero-order valence-electron chi connectivity index (χ0n) is 19.8. The molecule has 0 unspecified atom stereocenters. The van der Waals surface area contributed by atoms with Crippen molar-refractivity contribution in [2.24, 2.45) is 0 Å². The fraction of sp³-hybridized carbons (Fsp3) is 0.0833. The molecule has 2 amide bonds. The van der Waals surface area contributed by atoms with Gasteiger partial charge in [-0.25, -0.2) is 28.2 Å². The molecule has 0 saturated carbocycles. The first-order valence-electron chi connectivity index (χ1n) is 10.8. The second-order valence-electron chi connectivity index (χ2n) is 8.00. The van der Waals surface area contributed by atoms with E-state index < -0.39 is 38.2 Å². The van der Waals surface area contributed by atoms with E-state index in [-0.39, 0.29) is 11.7 Å². The van der Waals surface area contributed by atoms with Crippen molar-refractivity contribution in [1.29, 1.82) is 0 Å². The third-order valence-electron chi connectivity index (χ3n) is 5.09. The zero-order valence-corrected chi connectivity index (χ0v) is 21.4. The molecule has 0 aliphatic carbocycles. The first kappa shape index (κ1) is 27.6. The molecule has 10 nitrogen and oxygen atoms in total. The van der Waals surface area contributed by atoms with E-state index in [1.165, 1.54) is 18.6 Å². The number of benzene rings is 2. The molecule has 0 spiro atoms. The number of pyridine rings is 1. The van der Waals surface area contributed by atoms with Gasteiger partial charge in [0.15, 0.2) is 9.84 Å². The molecule has 15 heteroatoms. The number of hydrogen-bond donors (Lipinski definition) is 3. The topological polar surface area (TPSA) is 149 Å². The number of nitrogens with one attached hydrogen (secondary N) is 2. The Balaban J connectivity index is 1.43. The van der Waals surface area contributed by atoms with Crippen LogP contribution in [0.3, 0.4) is 0 Å². The number of nitrogens with zero attached hydrogens (tertiary/aromatic N) is 3. The van der Waals surface area contributed by atoms with Gasteiger partial charge in [-0.1, -0.05) is 29.8 Å². The Morgan fingerprint density at radius 3 is 2.28 bits per heavy atom. The van der Waals surface area contributed by atoms with Crippen LogP contribution in [0.4, 0.5) is 35.2 Å². The molecular formula is C24H18ClF3N6O4S.